The third kappa shape index (κ3) is 5.09. The van der Waals surface area contributed by atoms with E-state index in [2.05, 4.69) is 43.4 Å². The van der Waals surface area contributed by atoms with E-state index in [1.165, 1.54) is 18.2 Å². The van der Waals surface area contributed by atoms with E-state index >= 15 is 0 Å². The number of hydrogen-bond donors (Lipinski definition) is 1. The first-order chi connectivity index (χ1) is 17.8. The van der Waals surface area contributed by atoms with E-state index in [4.69, 9.17) is 4.74 Å². The van der Waals surface area contributed by atoms with Crippen LogP contribution in [0.1, 0.15) is 89.9 Å². The van der Waals surface area contributed by atoms with Crippen LogP contribution in [0, 0.1) is 26.6 Å². The van der Waals surface area contributed by atoms with Gasteiger partial charge in [-0.15, -0.1) is 9.81 Å². The van der Waals surface area contributed by atoms with Crippen molar-refractivity contribution in [3.8, 4) is 0 Å². The van der Waals surface area contributed by atoms with Gasteiger partial charge in [0, 0.05) is 12.1 Å². The summed E-state index contributed by atoms with van der Waals surface area (Å²) in [6, 6.07) is 3.09. The highest BCUT2D eigenvalue weighted by atomic mass is 16.5. The highest BCUT2D eigenvalue weighted by Gasteiger charge is 2.55. The molecule has 3 atom stereocenters. The van der Waals surface area contributed by atoms with E-state index in [1.807, 2.05) is 6.92 Å². The van der Waals surface area contributed by atoms with Gasteiger partial charge in [0.2, 0.25) is 5.91 Å². The first-order valence-electron chi connectivity index (χ1n) is 13.5. The Morgan fingerprint density at radius 1 is 1.05 bits per heavy atom. The molecule has 3 aliphatic rings. The molecule has 4 rings (SSSR count). The molecule has 10 heteroatoms. The Morgan fingerprint density at radius 3 is 2.32 bits per heavy atom. The molecule has 2 saturated carbocycles. The number of ether oxygens (including phenoxy) is 1. The van der Waals surface area contributed by atoms with Gasteiger partial charge in [-0.1, -0.05) is 27.7 Å². The summed E-state index contributed by atoms with van der Waals surface area (Å²) in [6.07, 6.45) is 4.90. The maximum atomic E-state index is 13.5. The van der Waals surface area contributed by atoms with Crippen LogP contribution in [0.2, 0.25) is 0 Å². The molecule has 1 heterocycles. The molecule has 2 aliphatic carbocycles. The number of amides is 2. The predicted octanol–water partition coefficient (Wildman–Crippen LogP) is 5.52. The second-order valence-electron chi connectivity index (χ2n) is 12.4. The van der Waals surface area contributed by atoms with Gasteiger partial charge < -0.3 is 15.0 Å². The zero-order chi connectivity index (χ0) is 27.9. The van der Waals surface area contributed by atoms with Gasteiger partial charge in [0.05, 0.1) is 6.10 Å². The number of likely N-dealkylation sites (tertiary alicyclic amines) is 1. The predicted molar refractivity (Wildman–Crippen MR) is 142 cm³/mol. The molecule has 1 aromatic carbocycles. The summed E-state index contributed by atoms with van der Waals surface area (Å²) in [5.41, 5.74) is -1.03. The first-order valence-corrected chi connectivity index (χ1v) is 13.5. The Balaban J connectivity index is 1.38. The quantitative estimate of drug-likeness (QED) is 0.332. The minimum absolute atomic E-state index is 0.0929. The van der Waals surface area contributed by atoms with E-state index < -0.39 is 17.5 Å². The topological polar surface area (TPSA) is 135 Å². The molecule has 1 saturated heterocycles. The summed E-state index contributed by atoms with van der Waals surface area (Å²) in [6.45, 7) is 11.5. The molecule has 38 heavy (non-hydrogen) atoms. The average Bonchev–Trinajstić information content (AvgIpc) is 3.42. The first kappa shape index (κ1) is 27.9. The summed E-state index contributed by atoms with van der Waals surface area (Å²) in [4.78, 5) is 62.9. The molecule has 3 unspecified atom stereocenters. The molecule has 206 valence electrons. The Labute approximate surface area is 223 Å². The lowest BCUT2D eigenvalue weighted by Gasteiger charge is -2.40. The maximum absolute atomic E-state index is 13.5. The monoisotopic (exact) mass is 526 g/mol. The molecular weight excluding hydrogens is 488 g/mol. The van der Waals surface area contributed by atoms with Crippen molar-refractivity contribution in [3.63, 3.8) is 0 Å². The summed E-state index contributed by atoms with van der Waals surface area (Å²) in [7, 11) is 0. The fourth-order valence-corrected chi connectivity index (χ4v) is 6.06. The van der Waals surface area contributed by atoms with E-state index in [9.17, 15) is 24.2 Å². The summed E-state index contributed by atoms with van der Waals surface area (Å²) in [5, 5.41) is 8.24. The van der Waals surface area contributed by atoms with Crippen LogP contribution in [0.3, 0.4) is 0 Å². The molecule has 0 bridgehead atoms. The molecule has 1 aliphatic heterocycles. The normalized spacial score (nSPS) is 25.3. The molecule has 0 radical (unpaired) electrons. The Kier molecular flexibility index (Phi) is 7.47. The smallest absolute Gasteiger partial charge is 0.329 e. The Hall–Kier alpha value is -3.17. The van der Waals surface area contributed by atoms with Crippen LogP contribution in [-0.4, -0.2) is 46.9 Å². The highest BCUT2D eigenvalue weighted by Crippen LogP contribution is 2.57. The fraction of sp³-hybridized carbons (Fsp3) is 0.679. The molecule has 1 aromatic rings. The molecule has 0 aromatic heterocycles. The van der Waals surface area contributed by atoms with Gasteiger partial charge in [0.1, 0.15) is 23.0 Å². The van der Waals surface area contributed by atoms with Crippen LogP contribution in [0.15, 0.2) is 28.6 Å². The standard InChI is InChI=1S/C28H38N4O6/c1-17(15-19-10-11-26(2,3)27(19,4)5)38-24(34)22-7-6-14-32(22)25(35)28(12-13-28)29-23(33)18-8-9-20(30-36)21(16-18)31-37/h8-9,16-17,19,22H,6-7,10-15H2,1-5H3,(H,29,33). The molecular formula is C28H38N4O6. The zero-order valence-corrected chi connectivity index (χ0v) is 22.9. The number of nitrogens with zero attached hydrogens (tertiary/aromatic N) is 3. The van der Waals surface area contributed by atoms with E-state index in [-0.39, 0.29) is 45.7 Å². The minimum atomic E-state index is -1.10. The summed E-state index contributed by atoms with van der Waals surface area (Å²) >= 11 is 0. The summed E-state index contributed by atoms with van der Waals surface area (Å²) in [5.74, 6) is -0.791. The van der Waals surface area contributed by atoms with Gasteiger partial charge in [-0.05, 0) is 97.2 Å². The lowest BCUT2D eigenvalue weighted by atomic mass is 9.66. The van der Waals surface area contributed by atoms with E-state index in [1.54, 1.807) is 4.90 Å². The lowest BCUT2D eigenvalue weighted by Crippen LogP contribution is -2.53. The molecule has 2 amide bonds. The molecule has 3 fully saturated rings. The van der Waals surface area contributed by atoms with Crippen LogP contribution < -0.4 is 5.32 Å². The Bertz CT molecular complexity index is 1140. The minimum Gasteiger partial charge on any atom is -0.461 e. The Morgan fingerprint density at radius 2 is 1.74 bits per heavy atom. The van der Waals surface area contributed by atoms with Gasteiger partial charge in [-0.2, -0.15) is 0 Å². The van der Waals surface area contributed by atoms with Crippen LogP contribution >= 0.6 is 0 Å². The third-order valence-corrected chi connectivity index (χ3v) is 9.55. The number of esters is 1. The van der Waals surface area contributed by atoms with Gasteiger partial charge >= 0.3 is 5.97 Å². The lowest BCUT2D eigenvalue weighted by molar-refractivity contribution is -0.159. The second-order valence-corrected chi connectivity index (χ2v) is 12.4. The number of carbonyl (C=O) groups is 3. The maximum Gasteiger partial charge on any atom is 0.329 e. The van der Waals surface area contributed by atoms with Crippen molar-refractivity contribution in [2.24, 2.45) is 27.1 Å². The van der Waals surface area contributed by atoms with Gasteiger partial charge in [-0.25, -0.2) is 4.79 Å². The van der Waals surface area contributed by atoms with E-state index in [0.29, 0.717) is 38.1 Å². The number of nitrogens with one attached hydrogen (secondary N) is 1. The van der Waals surface area contributed by atoms with Crippen molar-refractivity contribution in [1.29, 1.82) is 0 Å². The van der Waals surface area contributed by atoms with Crippen LogP contribution in [0.25, 0.3) is 0 Å². The van der Waals surface area contributed by atoms with Crippen LogP contribution in [-0.2, 0) is 14.3 Å². The molecule has 0 spiro atoms. The van der Waals surface area contributed by atoms with Crippen LogP contribution in [0.5, 0.6) is 0 Å². The van der Waals surface area contributed by atoms with Gasteiger partial charge in [-0.3, -0.25) is 9.59 Å². The number of nitroso groups, excluding NO2 is 2. The van der Waals surface area contributed by atoms with Crippen molar-refractivity contribution in [1.82, 2.24) is 10.2 Å². The van der Waals surface area contributed by atoms with Crippen LogP contribution in [0.4, 0.5) is 11.4 Å². The van der Waals surface area contributed by atoms with Crippen molar-refractivity contribution in [2.75, 3.05) is 6.54 Å². The zero-order valence-electron chi connectivity index (χ0n) is 22.9. The largest absolute Gasteiger partial charge is 0.461 e. The number of benzene rings is 1. The molecule has 1 N–H and O–H groups in total. The number of rotatable bonds is 9. The van der Waals surface area contributed by atoms with Crippen molar-refractivity contribution >= 4 is 29.2 Å². The third-order valence-electron chi connectivity index (χ3n) is 9.55. The van der Waals surface area contributed by atoms with Gasteiger partial charge in [0.25, 0.3) is 5.91 Å². The van der Waals surface area contributed by atoms with Crippen molar-refractivity contribution in [3.05, 3.63) is 33.6 Å². The fourth-order valence-electron chi connectivity index (χ4n) is 6.06. The van der Waals surface area contributed by atoms with Gasteiger partial charge in [0.15, 0.2) is 0 Å². The number of carbonyl (C=O) groups excluding carboxylic acids is 3. The highest BCUT2D eigenvalue weighted by molar-refractivity contribution is 6.02. The second kappa shape index (κ2) is 10.2. The van der Waals surface area contributed by atoms with Crippen molar-refractivity contribution < 1.29 is 19.1 Å². The van der Waals surface area contributed by atoms with E-state index in [0.717, 1.165) is 19.3 Å². The average molecular weight is 527 g/mol. The molecule has 10 nitrogen and oxygen atoms in total. The SMILES string of the molecule is CC(CC1CCC(C)(C)C1(C)C)OC(=O)C1CCCN1C(=O)C1(NC(=O)c2ccc(N=O)c(N=O)c2)CC1. The number of hydrogen-bond acceptors (Lipinski definition) is 8. The van der Waals surface area contributed by atoms with Crippen molar-refractivity contribution in [2.45, 2.75) is 97.2 Å². The summed E-state index contributed by atoms with van der Waals surface area (Å²) < 4.78 is 5.87.